The van der Waals surface area contributed by atoms with Crippen molar-refractivity contribution in [3.63, 3.8) is 0 Å². The van der Waals surface area contributed by atoms with Crippen molar-refractivity contribution in [2.24, 2.45) is 0 Å². The van der Waals surface area contributed by atoms with Gasteiger partial charge in [0, 0.05) is 13.1 Å². The fourth-order valence-corrected chi connectivity index (χ4v) is 4.75. The first-order chi connectivity index (χ1) is 13.0. The van der Waals surface area contributed by atoms with Gasteiger partial charge in [0.05, 0.1) is 5.75 Å². The molecule has 1 aliphatic rings. The summed E-state index contributed by atoms with van der Waals surface area (Å²) in [7, 11) is -3.64. The van der Waals surface area contributed by atoms with Crippen LogP contribution in [0.3, 0.4) is 0 Å². The Morgan fingerprint density at radius 1 is 0.889 bits per heavy atom. The van der Waals surface area contributed by atoms with Gasteiger partial charge in [0.2, 0.25) is 15.9 Å². The van der Waals surface area contributed by atoms with E-state index in [9.17, 15) is 13.2 Å². The smallest absolute Gasteiger partial charge is 0.241 e. The summed E-state index contributed by atoms with van der Waals surface area (Å²) < 4.78 is 28.1. The van der Waals surface area contributed by atoms with E-state index in [1.54, 1.807) is 17.0 Å². The summed E-state index contributed by atoms with van der Waals surface area (Å²) in [6, 6.07) is 17.8. The zero-order valence-corrected chi connectivity index (χ0v) is 16.2. The molecule has 1 aliphatic heterocycles. The highest BCUT2D eigenvalue weighted by atomic mass is 32.2. The molecule has 3 rings (SSSR count). The number of sulfonamides is 1. The van der Waals surface area contributed by atoms with Crippen molar-refractivity contribution in [3.05, 3.63) is 71.8 Å². The maximum Gasteiger partial charge on any atom is 0.241 e. The van der Waals surface area contributed by atoms with Gasteiger partial charge in [0.1, 0.15) is 6.04 Å². The number of likely N-dealkylation sites (tertiary alicyclic amines) is 1. The number of amides is 1. The summed E-state index contributed by atoms with van der Waals surface area (Å²) >= 11 is 0. The van der Waals surface area contributed by atoms with Crippen molar-refractivity contribution in [2.75, 3.05) is 13.1 Å². The zero-order valence-electron chi connectivity index (χ0n) is 15.4. The van der Waals surface area contributed by atoms with Gasteiger partial charge in [-0.1, -0.05) is 60.7 Å². The Bertz CT molecular complexity index is 832. The van der Waals surface area contributed by atoms with Crippen LogP contribution in [0.2, 0.25) is 0 Å². The monoisotopic (exact) mass is 386 g/mol. The highest BCUT2D eigenvalue weighted by molar-refractivity contribution is 7.88. The van der Waals surface area contributed by atoms with E-state index in [1.165, 1.54) is 0 Å². The second-order valence-electron chi connectivity index (χ2n) is 6.99. The van der Waals surface area contributed by atoms with Gasteiger partial charge < -0.3 is 4.90 Å². The normalized spacial score (nSPS) is 16.1. The minimum absolute atomic E-state index is 0.129. The van der Waals surface area contributed by atoms with Crippen molar-refractivity contribution in [2.45, 2.75) is 37.5 Å². The molecule has 1 heterocycles. The summed E-state index contributed by atoms with van der Waals surface area (Å²) in [5, 5.41) is 0. The van der Waals surface area contributed by atoms with Crippen molar-refractivity contribution < 1.29 is 13.2 Å². The van der Waals surface area contributed by atoms with Crippen LogP contribution in [-0.2, 0) is 27.0 Å². The van der Waals surface area contributed by atoms with Crippen LogP contribution in [0, 0.1) is 0 Å². The predicted molar refractivity (Wildman–Crippen MR) is 107 cm³/mol. The molecule has 144 valence electrons. The Labute approximate surface area is 161 Å². The van der Waals surface area contributed by atoms with E-state index in [0.717, 1.165) is 24.8 Å². The van der Waals surface area contributed by atoms with Crippen LogP contribution in [-0.4, -0.2) is 38.4 Å². The molecule has 27 heavy (non-hydrogen) atoms. The number of rotatable bonds is 7. The molecule has 1 N–H and O–H groups in total. The lowest BCUT2D eigenvalue weighted by atomic mass is 10.0. The molecule has 1 saturated heterocycles. The highest BCUT2D eigenvalue weighted by Crippen LogP contribution is 2.14. The molecule has 0 unspecified atom stereocenters. The third kappa shape index (κ3) is 5.91. The molecule has 1 atom stereocenters. The zero-order chi connectivity index (χ0) is 19.1. The average Bonchev–Trinajstić information content (AvgIpc) is 2.68. The van der Waals surface area contributed by atoms with Crippen LogP contribution in [0.1, 0.15) is 30.4 Å². The molecule has 0 spiro atoms. The third-order valence-corrected chi connectivity index (χ3v) is 6.13. The lowest BCUT2D eigenvalue weighted by molar-refractivity contribution is -0.133. The molecule has 1 amide bonds. The topological polar surface area (TPSA) is 66.5 Å². The summed E-state index contributed by atoms with van der Waals surface area (Å²) in [6.07, 6.45) is 3.41. The van der Waals surface area contributed by atoms with Gasteiger partial charge in [0.15, 0.2) is 0 Å². The van der Waals surface area contributed by atoms with Gasteiger partial charge in [-0.15, -0.1) is 0 Å². The number of carbonyl (C=O) groups is 1. The number of nitrogens with one attached hydrogen (secondary N) is 1. The van der Waals surface area contributed by atoms with Gasteiger partial charge in [-0.25, -0.2) is 13.1 Å². The highest BCUT2D eigenvalue weighted by Gasteiger charge is 2.29. The van der Waals surface area contributed by atoms with E-state index < -0.39 is 16.1 Å². The summed E-state index contributed by atoms with van der Waals surface area (Å²) in [4.78, 5) is 14.8. The summed E-state index contributed by atoms with van der Waals surface area (Å²) in [6.45, 7) is 1.40. The number of nitrogens with zero attached hydrogens (tertiary/aromatic N) is 1. The van der Waals surface area contributed by atoms with Crippen molar-refractivity contribution >= 4 is 15.9 Å². The van der Waals surface area contributed by atoms with Crippen LogP contribution in [0.5, 0.6) is 0 Å². The molecule has 0 aromatic heterocycles. The molecule has 2 aromatic carbocycles. The van der Waals surface area contributed by atoms with Crippen LogP contribution < -0.4 is 4.72 Å². The molecule has 2 aromatic rings. The van der Waals surface area contributed by atoms with E-state index in [-0.39, 0.29) is 11.7 Å². The lowest BCUT2D eigenvalue weighted by Crippen LogP contribution is -2.51. The van der Waals surface area contributed by atoms with Crippen LogP contribution in [0.4, 0.5) is 0 Å². The minimum Gasteiger partial charge on any atom is -0.341 e. The number of hydrogen-bond donors (Lipinski definition) is 1. The van der Waals surface area contributed by atoms with Crippen LogP contribution in [0.25, 0.3) is 0 Å². The largest absolute Gasteiger partial charge is 0.341 e. The molecule has 0 aliphatic carbocycles. The molecule has 0 saturated carbocycles. The van der Waals surface area contributed by atoms with Gasteiger partial charge in [0.25, 0.3) is 0 Å². The Kier molecular flexibility index (Phi) is 6.63. The first-order valence-electron chi connectivity index (χ1n) is 9.40. The van der Waals surface area contributed by atoms with Gasteiger partial charge in [-0.3, -0.25) is 4.79 Å². The van der Waals surface area contributed by atoms with Gasteiger partial charge in [-0.2, -0.15) is 0 Å². The predicted octanol–water partition coefficient (Wildman–Crippen LogP) is 2.73. The van der Waals surface area contributed by atoms with E-state index in [0.29, 0.717) is 25.1 Å². The molecule has 0 radical (unpaired) electrons. The standard InChI is InChI=1S/C21H26N2O3S/c24-21(23-14-8-3-9-15-23)20(16-18-10-4-1-5-11-18)22-27(25,26)17-19-12-6-2-7-13-19/h1-2,4-7,10-13,20,22H,3,8-9,14-17H2/t20-/m0/s1. The van der Waals surface area contributed by atoms with Crippen molar-refractivity contribution in [3.8, 4) is 0 Å². The maximum atomic E-state index is 13.0. The van der Waals surface area contributed by atoms with Crippen molar-refractivity contribution in [1.82, 2.24) is 9.62 Å². The first-order valence-corrected chi connectivity index (χ1v) is 11.1. The number of piperidine rings is 1. The quantitative estimate of drug-likeness (QED) is 0.796. The van der Waals surface area contributed by atoms with E-state index in [1.807, 2.05) is 48.5 Å². The van der Waals surface area contributed by atoms with E-state index in [2.05, 4.69) is 4.72 Å². The van der Waals surface area contributed by atoms with Gasteiger partial charge >= 0.3 is 0 Å². The summed E-state index contributed by atoms with van der Waals surface area (Å²) in [5.41, 5.74) is 1.64. The van der Waals surface area contributed by atoms with Crippen molar-refractivity contribution in [1.29, 1.82) is 0 Å². The van der Waals surface area contributed by atoms with Crippen LogP contribution >= 0.6 is 0 Å². The molecular weight excluding hydrogens is 360 g/mol. The average molecular weight is 387 g/mol. The Hall–Kier alpha value is -2.18. The minimum atomic E-state index is -3.64. The first kappa shape index (κ1) is 19.6. The fraction of sp³-hybridized carbons (Fsp3) is 0.381. The van der Waals surface area contributed by atoms with E-state index in [4.69, 9.17) is 0 Å². The number of benzene rings is 2. The fourth-order valence-electron chi connectivity index (χ4n) is 3.42. The molecule has 6 heteroatoms. The van der Waals surface area contributed by atoms with Gasteiger partial charge in [-0.05, 0) is 36.8 Å². The SMILES string of the molecule is O=C([C@H](Cc1ccccc1)NS(=O)(=O)Cc1ccccc1)N1CCCCC1. The number of carbonyl (C=O) groups excluding carboxylic acids is 1. The Morgan fingerprint density at radius 3 is 2.04 bits per heavy atom. The molecule has 0 bridgehead atoms. The Balaban J connectivity index is 1.76. The van der Waals surface area contributed by atoms with Crippen LogP contribution in [0.15, 0.2) is 60.7 Å². The van der Waals surface area contributed by atoms with E-state index >= 15 is 0 Å². The maximum absolute atomic E-state index is 13.0. The second-order valence-corrected chi connectivity index (χ2v) is 8.74. The third-order valence-electron chi connectivity index (χ3n) is 4.77. The molecule has 1 fully saturated rings. The number of hydrogen-bond acceptors (Lipinski definition) is 3. The summed E-state index contributed by atoms with van der Waals surface area (Å²) in [5.74, 6) is -0.262. The lowest BCUT2D eigenvalue weighted by Gasteiger charge is -2.30. The molecular formula is C21H26N2O3S. The second kappa shape index (κ2) is 9.15. The molecule has 5 nitrogen and oxygen atoms in total. The Morgan fingerprint density at radius 2 is 1.44 bits per heavy atom.